The highest BCUT2D eigenvalue weighted by molar-refractivity contribution is 5.03. The molecule has 0 saturated heterocycles. The summed E-state index contributed by atoms with van der Waals surface area (Å²) in [6.07, 6.45) is -24.8. The second-order valence-corrected chi connectivity index (χ2v) is 4.93. The van der Waals surface area contributed by atoms with Crippen LogP contribution in [0.3, 0.4) is 0 Å². The third kappa shape index (κ3) is 4.17. The zero-order valence-corrected chi connectivity index (χ0v) is 11.4. The second-order valence-electron chi connectivity index (χ2n) is 4.93. The summed E-state index contributed by atoms with van der Waals surface area (Å²) in [5.74, 6) is -9.76. The maximum atomic E-state index is 13.4. The Kier molecular flexibility index (Phi) is 6.34. The number of alkyl halides is 12. The summed E-state index contributed by atoms with van der Waals surface area (Å²) in [4.78, 5) is 0. The predicted molar refractivity (Wildman–Crippen MR) is 54.5 cm³/mol. The van der Waals surface area contributed by atoms with Gasteiger partial charge in [0.1, 0.15) is 5.41 Å². The van der Waals surface area contributed by atoms with Crippen molar-refractivity contribution in [3.05, 3.63) is 0 Å². The van der Waals surface area contributed by atoms with E-state index < -0.39 is 61.7 Å². The van der Waals surface area contributed by atoms with Gasteiger partial charge in [-0.3, -0.25) is 4.39 Å². The van der Waals surface area contributed by atoms with Crippen LogP contribution in [-0.4, -0.2) is 31.1 Å². The van der Waals surface area contributed by atoms with Gasteiger partial charge < -0.3 is 0 Å². The van der Waals surface area contributed by atoms with Crippen molar-refractivity contribution in [2.24, 2.45) is 11.3 Å². The average molecular weight is 372 g/mol. The van der Waals surface area contributed by atoms with Crippen molar-refractivity contribution in [1.82, 2.24) is 0 Å². The predicted octanol–water partition coefficient (Wildman–Crippen LogP) is 6.07. The summed E-state index contributed by atoms with van der Waals surface area (Å²) < 4.78 is 153. The van der Waals surface area contributed by atoms with Crippen LogP contribution in [0.5, 0.6) is 0 Å². The molecule has 0 fully saturated rings. The molecule has 0 bridgehead atoms. The van der Waals surface area contributed by atoms with E-state index in [9.17, 15) is 52.7 Å². The van der Waals surface area contributed by atoms with E-state index in [0.29, 0.717) is 0 Å². The minimum Gasteiger partial charge on any atom is -0.251 e. The lowest BCUT2D eigenvalue weighted by molar-refractivity contribution is -0.392. The van der Waals surface area contributed by atoms with Crippen LogP contribution in [0, 0.1) is 11.3 Å². The van der Waals surface area contributed by atoms with E-state index in [2.05, 4.69) is 0 Å². The molecule has 0 spiro atoms. The van der Waals surface area contributed by atoms with Crippen molar-refractivity contribution in [3.63, 3.8) is 0 Å². The molecule has 0 amide bonds. The summed E-state index contributed by atoms with van der Waals surface area (Å²) in [6, 6.07) is 0. The van der Waals surface area contributed by atoms with Crippen molar-refractivity contribution < 1.29 is 52.7 Å². The van der Waals surface area contributed by atoms with E-state index in [1.54, 1.807) is 0 Å². The second kappa shape index (κ2) is 6.58. The van der Waals surface area contributed by atoms with Crippen LogP contribution in [0.1, 0.15) is 26.2 Å². The van der Waals surface area contributed by atoms with Crippen molar-refractivity contribution >= 4 is 0 Å². The van der Waals surface area contributed by atoms with Gasteiger partial charge in [0.2, 0.25) is 0 Å². The molecule has 0 heterocycles. The molecule has 0 aliphatic rings. The molecule has 0 aromatic heterocycles. The Balaban J connectivity index is 6.19. The van der Waals surface area contributed by atoms with Crippen molar-refractivity contribution in [2.45, 2.75) is 50.6 Å². The molecule has 140 valence electrons. The molecule has 0 saturated carbocycles. The lowest BCUT2D eigenvalue weighted by Crippen LogP contribution is -2.60. The quantitative estimate of drug-likeness (QED) is 0.497. The molecule has 0 aliphatic heterocycles. The first-order chi connectivity index (χ1) is 9.98. The summed E-state index contributed by atoms with van der Waals surface area (Å²) in [6.45, 7) is -1.55. The van der Waals surface area contributed by atoms with E-state index in [1.165, 1.54) is 0 Å². The highest BCUT2D eigenvalue weighted by Crippen LogP contribution is 2.61. The molecule has 2 unspecified atom stereocenters. The first-order valence-electron chi connectivity index (χ1n) is 6.12. The normalized spacial score (nSPS) is 18.7. The lowest BCUT2D eigenvalue weighted by atomic mass is 9.70. The number of hydrogen-bond acceptors (Lipinski definition) is 0. The monoisotopic (exact) mass is 372 g/mol. The smallest absolute Gasteiger partial charge is 0.251 e. The van der Waals surface area contributed by atoms with Crippen molar-refractivity contribution in [1.29, 1.82) is 0 Å². The Hall–Kier alpha value is -0.840. The first-order valence-corrected chi connectivity index (χ1v) is 6.12. The Morgan fingerprint density at radius 3 is 1.39 bits per heavy atom. The topological polar surface area (TPSA) is 0 Å². The van der Waals surface area contributed by atoms with Crippen molar-refractivity contribution in [3.8, 4) is 0 Å². The molecule has 0 rings (SSSR count). The van der Waals surface area contributed by atoms with Crippen molar-refractivity contribution in [2.75, 3.05) is 6.67 Å². The van der Waals surface area contributed by atoms with Gasteiger partial charge in [-0.15, -0.1) is 0 Å². The van der Waals surface area contributed by atoms with Gasteiger partial charge in [-0.2, -0.15) is 48.3 Å². The maximum Gasteiger partial charge on any atom is 0.454 e. The SMILES string of the molecule is CCC(CC(CCF)C(F)(F)F)(C(F)(F)F)C(F)(F)C(F)(F)F. The van der Waals surface area contributed by atoms with Crippen LogP contribution < -0.4 is 0 Å². The lowest BCUT2D eigenvalue weighted by Gasteiger charge is -2.43. The van der Waals surface area contributed by atoms with E-state index in [1.807, 2.05) is 0 Å². The Morgan fingerprint density at radius 1 is 0.739 bits per heavy atom. The molecule has 0 aliphatic carbocycles. The molecule has 0 nitrogen and oxygen atoms in total. The van der Waals surface area contributed by atoms with Gasteiger partial charge in [0.05, 0.1) is 12.6 Å². The van der Waals surface area contributed by atoms with Gasteiger partial charge in [-0.1, -0.05) is 6.92 Å². The summed E-state index contributed by atoms with van der Waals surface area (Å²) in [5.41, 5.74) is -5.01. The fourth-order valence-electron chi connectivity index (χ4n) is 2.19. The van der Waals surface area contributed by atoms with Gasteiger partial charge in [0, 0.05) is 0 Å². The fraction of sp³-hybridized carbons (Fsp3) is 1.00. The zero-order valence-electron chi connectivity index (χ0n) is 11.4. The van der Waals surface area contributed by atoms with E-state index >= 15 is 0 Å². The minimum absolute atomic E-state index is 0.274. The van der Waals surface area contributed by atoms with Gasteiger partial charge in [-0.05, 0) is 19.3 Å². The molecule has 0 aromatic carbocycles. The van der Waals surface area contributed by atoms with Crippen LogP contribution in [-0.2, 0) is 0 Å². The first kappa shape index (κ1) is 22.2. The highest BCUT2D eigenvalue weighted by atomic mass is 19.4. The highest BCUT2D eigenvalue weighted by Gasteiger charge is 2.78. The molecule has 2 atom stereocenters. The third-order valence-corrected chi connectivity index (χ3v) is 3.62. The van der Waals surface area contributed by atoms with Gasteiger partial charge >= 0.3 is 24.5 Å². The number of hydrogen-bond donors (Lipinski definition) is 0. The van der Waals surface area contributed by atoms with Gasteiger partial charge in [0.25, 0.3) is 0 Å². The van der Waals surface area contributed by atoms with Crippen LogP contribution in [0.25, 0.3) is 0 Å². The molecular formula is C11H12F12. The molecule has 0 radical (unpaired) electrons. The zero-order chi connectivity index (χ0) is 18.9. The molecule has 0 aromatic rings. The summed E-state index contributed by atoms with van der Waals surface area (Å²) >= 11 is 0. The fourth-order valence-corrected chi connectivity index (χ4v) is 2.19. The summed E-state index contributed by atoms with van der Waals surface area (Å²) in [7, 11) is 0. The minimum atomic E-state index is -6.72. The van der Waals surface area contributed by atoms with Crippen LogP contribution in [0.15, 0.2) is 0 Å². The van der Waals surface area contributed by atoms with E-state index in [0.717, 1.165) is 0 Å². The maximum absolute atomic E-state index is 13.4. The summed E-state index contributed by atoms with van der Waals surface area (Å²) in [5, 5.41) is 0. The van der Waals surface area contributed by atoms with Crippen LogP contribution in [0.2, 0.25) is 0 Å². The third-order valence-electron chi connectivity index (χ3n) is 3.62. The van der Waals surface area contributed by atoms with Gasteiger partial charge in [-0.25, -0.2) is 0 Å². The number of halogens is 12. The average Bonchev–Trinajstić information content (AvgIpc) is 2.29. The Bertz CT molecular complexity index is 376. The molecule has 23 heavy (non-hydrogen) atoms. The molecular weight excluding hydrogens is 360 g/mol. The standard InChI is InChI=1S/C11H12F12/c1-2-7(10(18,19)20,9(16,17)11(21,22)23)5-6(3-4-12)8(13,14)15/h6H,2-5H2,1H3. The van der Waals surface area contributed by atoms with Gasteiger partial charge in [0.15, 0.2) is 0 Å². The molecule has 12 heteroatoms. The van der Waals surface area contributed by atoms with Crippen LogP contribution >= 0.6 is 0 Å². The molecule has 0 N–H and O–H groups in total. The Morgan fingerprint density at radius 2 is 1.17 bits per heavy atom. The van der Waals surface area contributed by atoms with Crippen LogP contribution in [0.4, 0.5) is 52.7 Å². The number of rotatable bonds is 6. The largest absolute Gasteiger partial charge is 0.454 e. The van der Waals surface area contributed by atoms with E-state index in [-0.39, 0.29) is 6.92 Å². The Labute approximate surface area is 122 Å². The van der Waals surface area contributed by atoms with E-state index in [4.69, 9.17) is 0 Å².